The summed E-state index contributed by atoms with van der Waals surface area (Å²) in [4.78, 5) is 5.50. The molecule has 0 aromatic heterocycles. The first kappa shape index (κ1) is 12.9. The normalized spacial score (nSPS) is 31.2. The van der Waals surface area contributed by atoms with Crippen LogP contribution in [0.5, 0.6) is 0 Å². The monoisotopic (exact) mass is 252 g/mol. The number of nitrogens with two attached hydrogens (primary N) is 1. The zero-order valence-electron chi connectivity index (χ0n) is 12.0. The highest BCUT2D eigenvalue weighted by atomic mass is 15.3. The Morgan fingerprint density at radius 2 is 1.72 bits per heavy atom. The van der Waals surface area contributed by atoms with Crippen molar-refractivity contribution in [1.82, 2.24) is 9.80 Å². The van der Waals surface area contributed by atoms with E-state index in [2.05, 4.69) is 22.0 Å². The first-order valence-electron chi connectivity index (χ1n) is 8.05. The lowest BCUT2D eigenvalue weighted by Crippen LogP contribution is -2.86. The Bertz CT molecular complexity index is 261. The van der Waals surface area contributed by atoms with E-state index in [0.717, 1.165) is 5.92 Å². The molecule has 0 spiro atoms. The summed E-state index contributed by atoms with van der Waals surface area (Å²) in [6, 6.07) is 0. The highest BCUT2D eigenvalue weighted by molar-refractivity contribution is 4.95. The summed E-state index contributed by atoms with van der Waals surface area (Å²) in [6.45, 7) is 11.8. The molecule has 104 valence electrons. The van der Waals surface area contributed by atoms with Crippen molar-refractivity contribution in [3.05, 3.63) is 0 Å². The van der Waals surface area contributed by atoms with Gasteiger partial charge in [-0.1, -0.05) is 0 Å². The van der Waals surface area contributed by atoms with E-state index in [-0.39, 0.29) is 0 Å². The molecule has 2 aliphatic heterocycles. The molecule has 0 radical (unpaired) electrons. The van der Waals surface area contributed by atoms with Crippen molar-refractivity contribution in [2.45, 2.75) is 44.6 Å². The molecule has 0 aromatic carbocycles. The lowest BCUT2D eigenvalue weighted by molar-refractivity contribution is -0.664. The second-order valence-corrected chi connectivity index (χ2v) is 6.95. The van der Waals surface area contributed by atoms with Crippen LogP contribution in [-0.4, -0.2) is 61.2 Å². The van der Waals surface area contributed by atoms with Crippen LogP contribution in [0.4, 0.5) is 0 Å². The average Bonchev–Trinajstić information content (AvgIpc) is 2.38. The molecular formula is C15H30N3+. The molecule has 3 fully saturated rings. The number of nitrogens with zero attached hydrogens (tertiary/aromatic N) is 2. The second kappa shape index (κ2) is 5.48. The fourth-order valence-electron chi connectivity index (χ4n) is 4.02. The van der Waals surface area contributed by atoms with Crippen LogP contribution in [0.15, 0.2) is 0 Å². The highest BCUT2D eigenvalue weighted by Crippen LogP contribution is 2.37. The Morgan fingerprint density at radius 1 is 1.06 bits per heavy atom. The lowest BCUT2D eigenvalue weighted by atomic mass is 9.76. The molecule has 2 heterocycles. The minimum atomic E-state index is 0.575. The van der Waals surface area contributed by atoms with E-state index < -0.39 is 0 Å². The summed E-state index contributed by atoms with van der Waals surface area (Å²) in [7, 11) is 0. The number of rotatable bonds is 3. The predicted molar refractivity (Wildman–Crippen MR) is 74.7 cm³/mol. The van der Waals surface area contributed by atoms with E-state index in [1.807, 2.05) is 0 Å². The molecule has 1 aliphatic carbocycles. The van der Waals surface area contributed by atoms with Crippen LogP contribution in [-0.2, 0) is 0 Å². The van der Waals surface area contributed by atoms with E-state index in [9.17, 15) is 0 Å². The Balaban J connectivity index is 1.42. The van der Waals surface area contributed by atoms with Crippen LogP contribution < -0.4 is 5.32 Å². The molecular weight excluding hydrogens is 222 g/mol. The van der Waals surface area contributed by atoms with Gasteiger partial charge in [0.2, 0.25) is 0 Å². The number of piperazine rings is 1. The van der Waals surface area contributed by atoms with Crippen molar-refractivity contribution in [1.29, 1.82) is 0 Å². The summed E-state index contributed by atoms with van der Waals surface area (Å²) in [6.07, 6.45) is 7.21. The van der Waals surface area contributed by atoms with Crippen molar-refractivity contribution < 1.29 is 5.32 Å². The van der Waals surface area contributed by atoms with Crippen LogP contribution in [0.2, 0.25) is 0 Å². The third-order valence-corrected chi connectivity index (χ3v) is 5.64. The first-order chi connectivity index (χ1) is 8.76. The molecule has 0 atom stereocenters. The number of piperidine rings is 1. The average molecular weight is 252 g/mol. The van der Waals surface area contributed by atoms with Crippen LogP contribution in [0.1, 0.15) is 39.0 Å². The molecule has 2 saturated heterocycles. The van der Waals surface area contributed by atoms with Gasteiger partial charge in [-0.15, -0.1) is 0 Å². The van der Waals surface area contributed by atoms with Gasteiger partial charge in [-0.3, -0.25) is 4.90 Å². The van der Waals surface area contributed by atoms with E-state index >= 15 is 0 Å². The van der Waals surface area contributed by atoms with Gasteiger partial charge in [-0.05, 0) is 32.1 Å². The fraction of sp³-hybridized carbons (Fsp3) is 1.00. The maximum absolute atomic E-state index is 2.77. The molecule has 0 unspecified atom stereocenters. The van der Waals surface area contributed by atoms with E-state index in [1.165, 1.54) is 77.9 Å². The van der Waals surface area contributed by atoms with Crippen molar-refractivity contribution >= 4 is 0 Å². The van der Waals surface area contributed by atoms with Crippen molar-refractivity contribution in [3.8, 4) is 0 Å². The summed E-state index contributed by atoms with van der Waals surface area (Å²) in [5.74, 6) is 0.987. The van der Waals surface area contributed by atoms with Gasteiger partial charge in [0, 0.05) is 51.1 Å². The summed E-state index contributed by atoms with van der Waals surface area (Å²) in [5, 5.41) is 2.48. The molecule has 0 amide bonds. The molecule has 18 heavy (non-hydrogen) atoms. The third kappa shape index (κ3) is 2.73. The maximum Gasteiger partial charge on any atom is 0.0758 e. The van der Waals surface area contributed by atoms with Gasteiger partial charge < -0.3 is 10.2 Å². The molecule has 2 N–H and O–H groups in total. The van der Waals surface area contributed by atoms with Gasteiger partial charge in [0.05, 0.1) is 13.1 Å². The van der Waals surface area contributed by atoms with Crippen LogP contribution in [0.3, 0.4) is 0 Å². The molecule has 0 aromatic rings. The van der Waals surface area contributed by atoms with Gasteiger partial charge in [-0.25, -0.2) is 0 Å². The molecule has 1 saturated carbocycles. The van der Waals surface area contributed by atoms with Crippen LogP contribution >= 0.6 is 0 Å². The van der Waals surface area contributed by atoms with Gasteiger partial charge in [-0.2, -0.15) is 0 Å². The topological polar surface area (TPSA) is 23.1 Å². The zero-order valence-corrected chi connectivity index (χ0v) is 12.0. The molecule has 0 bridgehead atoms. The Kier molecular flexibility index (Phi) is 3.92. The molecule has 3 nitrogen and oxygen atoms in total. The van der Waals surface area contributed by atoms with Crippen molar-refractivity contribution in [2.24, 2.45) is 5.92 Å². The SMILES string of the molecule is CC1(N2CCN(CC3CC[NH2+]CC3)CC2)CCC1. The standard InChI is InChI=1S/C15H29N3/c1-15(5-2-6-15)18-11-9-17(10-12-18)13-14-3-7-16-8-4-14/h14,16H,2-13H2,1H3/p+1. The van der Waals surface area contributed by atoms with Gasteiger partial charge >= 0.3 is 0 Å². The van der Waals surface area contributed by atoms with Crippen LogP contribution in [0.25, 0.3) is 0 Å². The van der Waals surface area contributed by atoms with E-state index in [0.29, 0.717) is 5.54 Å². The molecule has 3 heteroatoms. The largest absolute Gasteiger partial charge is 0.346 e. The quantitative estimate of drug-likeness (QED) is 0.791. The Morgan fingerprint density at radius 3 is 2.28 bits per heavy atom. The Labute approximate surface area is 112 Å². The van der Waals surface area contributed by atoms with E-state index in [1.54, 1.807) is 0 Å². The molecule has 3 aliphatic rings. The van der Waals surface area contributed by atoms with Crippen LogP contribution in [0, 0.1) is 5.92 Å². The summed E-state index contributed by atoms with van der Waals surface area (Å²) >= 11 is 0. The van der Waals surface area contributed by atoms with Gasteiger partial charge in [0.1, 0.15) is 0 Å². The van der Waals surface area contributed by atoms with Crippen molar-refractivity contribution in [3.63, 3.8) is 0 Å². The lowest BCUT2D eigenvalue weighted by Gasteiger charge is -2.51. The van der Waals surface area contributed by atoms with Gasteiger partial charge in [0.15, 0.2) is 0 Å². The fourth-order valence-corrected chi connectivity index (χ4v) is 4.02. The highest BCUT2D eigenvalue weighted by Gasteiger charge is 2.39. The Hall–Kier alpha value is -0.120. The van der Waals surface area contributed by atoms with E-state index in [4.69, 9.17) is 0 Å². The molecule has 3 rings (SSSR count). The second-order valence-electron chi connectivity index (χ2n) is 6.95. The number of quaternary nitrogens is 1. The zero-order chi connectivity index (χ0) is 12.4. The third-order valence-electron chi connectivity index (χ3n) is 5.64. The van der Waals surface area contributed by atoms with Gasteiger partial charge in [0.25, 0.3) is 0 Å². The first-order valence-corrected chi connectivity index (χ1v) is 8.05. The minimum Gasteiger partial charge on any atom is -0.346 e. The number of hydrogen-bond donors (Lipinski definition) is 1. The predicted octanol–water partition coefficient (Wildman–Crippen LogP) is 0.520. The summed E-state index contributed by atoms with van der Waals surface area (Å²) in [5.41, 5.74) is 0.575. The summed E-state index contributed by atoms with van der Waals surface area (Å²) < 4.78 is 0. The van der Waals surface area contributed by atoms with Crippen molar-refractivity contribution in [2.75, 3.05) is 45.8 Å². The minimum absolute atomic E-state index is 0.575. The number of hydrogen-bond acceptors (Lipinski definition) is 2. The smallest absolute Gasteiger partial charge is 0.0758 e. The maximum atomic E-state index is 2.77.